The molecule has 6 heteroatoms. The summed E-state index contributed by atoms with van der Waals surface area (Å²) >= 11 is 0. The van der Waals surface area contributed by atoms with Crippen LogP contribution in [0.15, 0.2) is 36.5 Å². The molecule has 0 aliphatic heterocycles. The number of rotatable bonds is 59. The van der Waals surface area contributed by atoms with Gasteiger partial charge in [0.25, 0.3) is 0 Å². The first kappa shape index (κ1) is 69.6. The third-order valence-corrected chi connectivity index (χ3v) is 14.4. The molecule has 6 nitrogen and oxygen atoms in total. The maximum Gasteiger partial charge on any atom is 0.306 e. The number of carbonyl (C=O) groups is 3. The zero-order valence-electron chi connectivity index (χ0n) is 48.5. The molecule has 72 heavy (non-hydrogen) atoms. The highest BCUT2D eigenvalue weighted by Gasteiger charge is 2.19. The van der Waals surface area contributed by atoms with E-state index in [1.807, 2.05) is 0 Å². The number of hydrogen-bond acceptors (Lipinski definition) is 6. The standard InChI is InChI=1S/C66H122O6/c1-4-7-10-13-16-19-22-25-27-29-30-31-32-33-34-35-36-38-39-41-44-47-50-53-56-59-65(68)71-62-63(61-70-64(67)58-55-52-49-46-43-24-21-18-15-12-9-6-3)72-66(69)60-57-54-51-48-45-42-40-37-28-26-23-20-17-14-11-8-5-2/h8,11,17,20,26,28,63H,4-7,9-10,12-16,18-19,21-25,27,29-62H2,1-3H3/b11-8-,20-17-,28-26-. The summed E-state index contributed by atoms with van der Waals surface area (Å²) in [4.78, 5) is 38.2. The number of ether oxygens (including phenoxy) is 3. The van der Waals surface area contributed by atoms with Gasteiger partial charge in [0, 0.05) is 19.3 Å². The van der Waals surface area contributed by atoms with Gasteiger partial charge >= 0.3 is 17.9 Å². The average Bonchev–Trinajstić information content (AvgIpc) is 3.38. The predicted octanol–water partition coefficient (Wildman–Crippen LogP) is 21.6. The van der Waals surface area contributed by atoms with E-state index < -0.39 is 6.10 Å². The van der Waals surface area contributed by atoms with E-state index in [1.54, 1.807) is 0 Å². The third kappa shape index (κ3) is 58.5. The van der Waals surface area contributed by atoms with E-state index in [0.717, 1.165) is 83.5 Å². The van der Waals surface area contributed by atoms with E-state index in [1.165, 1.54) is 225 Å². The predicted molar refractivity (Wildman–Crippen MR) is 312 cm³/mol. The van der Waals surface area contributed by atoms with Crippen LogP contribution in [0.4, 0.5) is 0 Å². The fourth-order valence-electron chi connectivity index (χ4n) is 9.64. The van der Waals surface area contributed by atoms with Gasteiger partial charge in [-0.15, -0.1) is 0 Å². The molecule has 0 N–H and O–H groups in total. The lowest BCUT2D eigenvalue weighted by Gasteiger charge is -2.18. The monoisotopic (exact) mass is 1010 g/mol. The normalized spacial score (nSPS) is 12.2. The van der Waals surface area contributed by atoms with Crippen molar-refractivity contribution in [2.45, 2.75) is 354 Å². The van der Waals surface area contributed by atoms with Crippen LogP contribution in [-0.2, 0) is 28.6 Å². The number of hydrogen-bond donors (Lipinski definition) is 0. The van der Waals surface area contributed by atoms with Gasteiger partial charge in [-0.1, -0.05) is 314 Å². The van der Waals surface area contributed by atoms with Gasteiger partial charge < -0.3 is 14.2 Å². The molecule has 0 fully saturated rings. The Morgan fingerprint density at radius 2 is 0.542 bits per heavy atom. The Bertz CT molecular complexity index is 1210. The first-order valence-electron chi connectivity index (χ1n) is 32.0. The number of esters is 3. The molecule has 0 aromatic carbocycles. The van der Waals surface area contributed by atoms with Gasteiger partial charge in [-0.05, 0) is 51.4 Å². The lowest BCUT2D eigenvalue weighted by atomic mass is 10.0. The highest BCUT2D eigenvalue weighted by atomic mass is 16.6. The van der Waals surface area contributed by atoms with Crippen LogP contribution in [0, 0.1) is 0 Å². The number of allylic oxidation sites excluding steroid dienone is 6. The number of unbranched alkanes of at least 4 members (excludes halogenated alkanes) is 42. The zero-order chi connectivity index (χ0) is 52.2. The average molecular weight is 1010 g/mol. The minimum absolute atomic E-state index is 0.0710. The van der Waals surface area contributed by atoms with Crippen molar-refractivity contribution in [3.8, 4) is 0 Å². The molecule has 0 spiro atoms. The van der Waals surface area contributed by atoms with E-state index in [-0.39, 0.29) is 31.1 Å². The zero-order valence-corrected chi connectivity index (χ0v) is 48.5. The van der Waals surface area contributed by atoms with Crippen LogP contribution in [0.2, 0.25) is 0 Å². The van der Waals surface area contributed by atoms with Crippen LogP contribution in [0.25, 0.3) is 0 Å². The first-order valence-corrected chi connectivity index (χ1v) is 32.0. The van der Waals surface area contributed by atoms with E-state index in [2.05, 4.69) is 57.2 Å². The maximum absolute atomic E-state index is 12.9. The topological polar surface area (TPSA) is 78.9 Å². The minimum Gasteiger partial charge on any atom is -0.462 e. The fraction of sp³-hybridized carbons (Fsp3) is 0.864. The van der Waals surface area contributed by atoms with Crippen LogP contribution in [0.5, 0.6) is 0 Å². The van der Waals surface area contributed by atoms with Crippen molar-refractivity contribution < 1.29 is 28.6 Å². The molecule has 0 aromatic rings. The van der Waals surface area contributed by atoms with E-state index in [4.69, 9.17) is 14.2 Å². The maximum atomic E-state index is 12.9. The molecule has 0 aromatic heterocycles. The second-order valence-corrected chi connectivity index (χ2v) is 21.7. The highest BCUT2D eigenvalue weighted by molar-refractivity contribution is 5.71. The van der Waals surface area contributed by atoms with Crippen molar-refractivity contribution in [1.82, 2.24) is 0 Å². The Labute approximate surface area is 448 Å². The summed E-state index contributed by atoms with van der Waals surface area (Å²) in [6, 6.07) is 0. The SMILES string of the molecule is CC/C=C\C/C=C\C/C=C\CCCCCCCCCC(=O)OC(COC(=O)CCCCCCCCCCCCCC)COC(=O)CCCCCCCCCCCCCCCCCCCCCCCCCCC. The van der Waals surface area contributed by atoms with Crippen LogP contribution in [0.1, 0.15) is 348 Å². The molecule has 1 atom stereocenters. The molecule has 0 aliphatic rings. The van der Waals surface area contributed by atoms with Crippen LogP contribution in [-0.4, -0.2) is 37.2 Å². The summed E-state index contributed by atoms with van der Waals surface area (Å²) in [5, 5.41) is 0. The summed E-state index contributed by atoms with van der Waals surface area (Å²) in [6.07, 6.45) is 74.5. The molecule has 0 amide bonds. The Hall–Kier alpha value is -2.37. The van der Waals surface area contributed by atoms with Gasteiger partial charge in [0.1, 0.15) is 13.2 Å². The van der Waals surface area contributed by atoms with Crippen molar-refractivity contribution in [3.05, 3.63) is 36.5 Å². The molecule has 1 unspecified atom stereocenters. The Balaban J connectivity index is 4.21. The minimum atomic E-state index is -0.774. The van der Waals surface area contributed by atoms with Crippen LogP contribution < -0.4 is 0 Å². The first-order chi connectivity index (χ1) is 35.5. The Kier molecular flexibility index (Phi) is 59.2. The second kappa shape index (κ2) is 61.2. The second-order valence-electron chi connectivity index (χ2n) is 21.7. The largest absolute Gasteiger partial charge is 0.462 e. The Morgan fingerprint density at radius 3 is 0.847 bits per heavy atom. The summed E-state index contributed by atoms with van der Waals surface area (Å²) < 4.78 is 16.9. The summed E-state index contributed by atoms with van der Waals surface area (Å²) in [7, 11) is 0. The fourth-order valence-corrected chi connectivity index (χ4v) is 9.64. The molecule has 422 valence electrons. The van der Waals surface area contributed by atoms with Crippen LogP contribution in [0.3, 0.4) is 0 Å². The van der Waals surface area contributed by atoms with Crippen molar-refractivity contribution >= 4 is 17.9 Å². The molecule has 0 bridgehead atoms. The van der Waals surface area contributed by atoms with E-state index >= 15 is 0 Å². The van der Waals surface area contributed by atoms with E-state index in [0.29, 0.717) is 19.3 Å². The number of carbonyl (C=O) groups excluding carboxylic acids is 3. The third-order valence-electron chi connectivity index (χ3n) is 14.4. The van der Waals surface area contributed by atoms with Crippen molar-refractivity contribution in [2.24, 2.45) is 0 Å². The summed E-state index contributed by atoms with van der Waals surface area (Å²) in [5.41, 5.74) is 0. The summed E-state index contributed by atoms with van der Waals surface area (Å²) in [6.45, 7) is 6.58. The van der Waals surface area contributed by atoms with Gasteiger partial charge in [-0.25, -0.2) is 0 Å². The molecule has 0 saturated heterocycles. The summed E-state index contributed by atoms with van der Waals surface area (Å²) in [5.74, 6) is -0.858. The molecule has 0 rings (SSSR count). The highest BCUT2D eigenvalue weighted by Crippen LogP contribution is 2.18. The molecule has 0 saturated carbocycles. The molecule has 0 heterocycles. The molecule has 0 radical (unpaired) electrons. The van der Waals surface area contributed by atoms with Crippen molar-refractivity contribution in [2.75, 3.05) is 13.2 Å². The Morgan fingerprint density at radius 1 is 0.292 bits per heavy atom. The van der Waals surface area contributed by atoms with Gasteiger partial charge in [-0.3, -0.25) is 14.4 Å². The smallest absolute Gasteiger partial charge is 0.306 e. The quantitative estimate of drug-likeness (QED) is 0.0261. The molecular formula is C66H122O6. The lowest BCUT2D eigenvalue weighted by molar-refractivity contribution is -0.167. The molecule has 0 aliphatic carbocycles. The van der Waals surface area contributed by atoms with Gasteiger partial charge in [0.05, 0.1) is 0 Å². The van der Waals surface area contributed by atoms with Crippen LogP contribution >= 0.6 is 0 Å². The molecular weight excluding hydrogens is 889 g/mol. The van der Waals surface area contributed by atoms with Gasteiger partial charge in [0.2, 0.25) is 0 Å². The van der Waals surface area contributed by atoms with Crippen molar-refractivity contribution in [3.63, 3.8) is 0 Å². The lowest BCUT2D eigenvalue weighted by Crippen LogP contribution is -2.30. The van der Waals surface area contributed by atoms with Crippen molar-refractivity contribution in [1.29, 1.82) is 0 Å². The van der Waals surface area contributed by atoms with Gasteiger partial charge in [0.15, 0.2) is 6.10 Å². The van der Waals surface area contributed by atoms with E-state index in [9.17, 15) is 14.4 Å². The van der Waals surface area contributed by atoms with Gasteiger partial charge in [-0.2, -0.15) is 0 Å².